The van der Waals surface area contributed by atoms with E-state index >= 15 is 0 Å². The highest BCUT2D eigenvalue weighted by molar-refractivity contribution is 5.86. The molecule has 0 atom stereocenters. The average molecular weight is 272 g/mol. The summed E-state index contributed by atoms with van der Waals surface area (Å²) in [5.41, 5.74) is -1.08. The maximum Gasteiger partial charge on any atom is 0.413 e. The minimum atomic E-state index is -0.829. The van der Waals surface area contributed by atoms with Gasteiger partial charge in [-0.25, -0.2) is 4.79 Å². The fraction of sp³-hybridized carbons (Fsp3) is 0.600. The maximum absolute atomic E-state index is 11.5. The Morgan fingerprint density at radius 1 is 1.63 bits per heavy atom. The van der Waals surface area contributed by atoms with Gasteiger partial charge in [0.05, 0.1) is 18.1 Å². The second kappa shape index (κ2) is 5.65. The van der Waals surface area contributed by atoms with Crippen LogP contribution in [0, 0.1) is 10.1 Å². The molecule has 9 heteroatoms. The molecule has 0 radical (unpaired) electrons. The smallest absolute Gasteiger partial charge is 0.413 e. The van der Waals surface area contributed by atoms with Crippen LogP contribution in [-0.4, -0.2) is 38.1 Å². The SMILES string of the molecule is CC(C)(C)OC(=O)Nc1nn(CCO)cc1[N+](=O)[O-]. The number of anilines is 1. The molecule has 106 valence electrons. The van der Waals surface area contributed by atoms with Crippen molar-refractivity contribution < 1.29 is 19.6 Å². The molecule has 0 fully saturated rings. The Hall–Kier alpha value is -2.16. The molecule has 0 aliphatic carbocycles. The van der Waals surface area contributed by atoms with E-state index in [4.69, 9.17) is 9.84 Å². The van der Waals surface area contributed by atoms with Gasteiger partial charge in [0.15, 0.2) is 0 Å². The van der Waals surface area contributed by atoms with E-state index in [1.54, 1.807) is 20.8 Å². The normalized spacial score (nSPS) is 11.2. The van der Waals surface area contributed by atoms with Gasteiger partial charge in [-0.2, -0.15) is 0 Å². The van der Waals surface area contributed by atoms with Gasteiger partial charge in [0.2, 0.25) is 5.82 Å². The molecular formula is C10H16N4O5. The zero-order valence-electron chi connectivity index (χ0n) is 10.9. The van der Waals surface area contributed by atoms with E-state index in [0.717, 1.165) is 6.20 Å². The number of nitrogens with zero attached hydrogens (tertiary/aromatic N) is 3. The van der Waals surface area contributed by atoms with Gasteiger partial charge in [-0.1, -0.05) is 0 Å². The van der Waals surface area contributed by atoms with Crippen molar-refractivity contribution in [3.05, 3.63) is 16.3 Å². The van der Waals surface area contributed by atoms with E-state index in [-0.39, 0.29) is 24.7 Å². The predicted octanol–water partition coefficient (Wildman–Crippen LogP) is 1.13. The molecule has 1 amide bonds. The van der Waals surface area contributed by atoms with Crippen molar-refractivity contribution in [3.63, 3.8) is 0 Å². The second-order valence-corrected chi connectivity index (χ2v) is 4.73. The summed E-state index contributed by atoms with van der Waals surface area (Å²) < 4.78 is 6.15. The van der Waals surface area contributed by atoms with E-state index in [9.17, 15) is 14.9 Å². The fourth-order valence-corrected chi connectivity index (χ4v) is 1.25. The van der Waals surface area contributed by atoms with Crippen LogP contribution in [0.5, 0.6) is 0 Å². The summed E-state index contributed by atoms with van der Waals surface area (Å²) in [4.78, 5) is 21.6. The van der Waals surface area contributed by atoms with Gasteiger partial charge in [0.1, 0.15) is 11.8 Å². The van der Waals surface area contributed by atoms with Gasteiger partial charge in [-0.15, -0.1) is 5.10 Å². The minimum absolute atomic E-state index is 0.0941. The van der Waals surface area contributed by atoms with Crippen LogP contribution in [0.3, 0.4) is 0 Å². The lowest BCUT2D eigenvalue weighted by atomic mass is 10.2. The van der Waals surface area contributed by atoms with Gasteiger partial charge in [0, 0.05) is 0 Å². The van der Waals surface area contributed by atoms with Gasteiger partial charge in [-0.05, 0) is 20.8 Å². The van der Waals surface area contributed by atoms with Crippen molar-refractivity contribution >= 4 is 17.6 Å². The number of hydrogen-bond acceptors (Lipinski definition) is 6. The Kier molecular flexibility index (Phi) is 4.43. The van der Waals surface area contributed by atoms with Crippen molar-refractivity contribution in [1.29, 1.82) is 0 Å². The minimum Gasteiger partial charge on any atom is -0.444 e. The molecule has 0 unspecified atom stereocenters. The molecule has 1 heterocycles. The Bertz CT molecular complexity index is 477. The van der Waals surface area contributed by atoms with E-state index in [2.05, 4.69) is 10.4 Å². The van der Waals surface area contributed by atoms with E-state index < -0.39 is 16.6 Å². The number of nitro groups is 1. The maximum atomic E-state index is 11.5. The highest BCUT2D eigenvalue weighted by atomic mass is 16.6. The fourth-order valence-electron chi connectivity index (χ4n) is 1.25. The van der Waals surface area contributed by atoms with Crippen LogP contribution >= 0.6 is 0 Å². The monoisotopic (exact) mass is 272 g/mol. The molecule has 0 saturated heterocycles. The second-order valence-electron chi connectivity index (χ2n) is 4.73. The molecular weight excluding hydrogens is 256 g/mol. The zero-order chi connectivity index (χ0) is 14.6. The molecule has 19 heavy (non-hydrogen) atoms. The number of nitrogens with one attached hydrogen (secondary N) is 1. The number of aromatic nitrogens is 2. The van der Waals surface area contributed by atoms with Crippen molar-refractivity contribution in [2.45, 2.75) is 32.9 Å². The van der Waals surface area contributed by atoms with Crippen molar-refractivity contribution in [2.75, 3.05) is 11.9 Å². The first kappa shape index (κ1) is 14.9. The Morgan fingerprint density at radius 2 is 2.26 bits per heavy atom. The number of aliphatic hydroxyl groups excluding tert-OH is 1. The van der Waals surface area contributed by atoms with Gasteiger partial charge in [-0.3, -0.25) is 20.1 Å². The summed E-state index contributed by atoms with van der Waals surface area (Å²) in [6, 6.07) is 0. The summed E-state index contributed by atoms with van der Waals surface area (Å²) in [5.74, 6) is -0.215. The topological polar surface area (TPSA) is 120 Å². The lowest BCUT2D eigenvalue weighted by Crippen LogP contribution is -2.27. The quantitative estimate of drug-likeness (QED) is 0.626. The summed E-state index contributed by atoms with van der Waals surface area (Å²) in [5, 5.41) is 25.6. The van der Waals surface area contributed by atoms with Crippen molar-refractivity contribution in [3.8, 4) is 0 Å². The first-order chi connectivity index (χ1) is 8.73. The number of hydrogen-bond donors (Lipinski definition) is 2. The molecule has 0 aliphatic rings. The van der Waals surface area contributed by atoms with Crippen LogP contribution in [0.25, 0.3) is 0 Å². The first-order valence-electron chi connectivity index (χ1n) is 5.55. The van der Waals surface area contributed by atoms with Crippen LogP contribution < -0.4 is 5.32 Å². The lowest BCUT2D eigenvalue weighted by Gasteiger charge is -2.18. The zero-order valence-corrected chi connectivity index (χ0v) is 10.9. The molecule has 0 aliphatic heterocycles. The molecule has 1 aromatic heterocycles. The number of rotatable bonds is 4. The largest absolute Gasteiger partial charge is 0.444 e. The Morgan fingerprint density at radius 3 is 2.74 bits per heavy atom. The van der Waals surface area contributed by atoms with Crippen molar-refractivity contribution in [2.24, 2.45) is 0 Å². The molecule has 0 bridgehead atoms. The molecule has 0 spiro atoms. The molecule has 9 nitrogen and oxygen atoms in total. The van der Waals surface area contributed by atoms with Crippen LogP contribution in [0.1, 0.15) is 20.8 Å². The van der Waals surface area contributed by atoms with Crippen LogP contribution in [0.15, 0.2) is 6.20 Å². The third-order valence-electron chi connectivity index (χ3n) is 1.89. The Balaban J connectivity index is 2.87. The first-order valence-corrected chi connectivity index (χ1v) is 5.55. The molecule has 0 saturated carbocycles. The number of ether oxygens (including phenoxy) is 1. The summed E-state index contributed by atoms with van der Waals surface area (Å²) in [6.45, 7) is 4.89. The number of amides is 1. The summed E-state index contributed by atoms with van der Waals surface area (Å²) >= 11 is 0. The molecule has 1 rings (SSSR count). The van der Waals surface area contributed by atoms with E-state index in [1.807, 2.05) is 0 Å². The highest BCUT2D eigenvalue weighted by Gasteiger charge is 2.24. The third-order valence-corrected chi connectivity index (χ3v) is 1.89. The summed E-state index contributed by atoms with van der Waals surface area (Å²) in [6.07, 6.45) is 0.299. The van der Waals surface area contributed by atoms with E-state index in [1.165, 1.54) is 4.68 Å². The number of carbonyl (C=O) groups is 1. The summed E-state index contributed by atoms with van der Waals surface area (Å²) in [7, 11) is 0. The van der Waals surface area contributed by atoms with Crippen LogP contribution in [0.2, 0.25) is 0 Å². The standard InChI is InChI=1S/C10H16N4O5/c1-10(2,3)19-9(16)11-8-7(14(17)18)6-13(12-8)4-5-15/h6,15H,4-5H2,1-3H3,(H,11,12,16). The lowest BCUT2D eigenvalue weighted by molar-refractivity contribution is -0.384. The molecule has 1 aromatic rings. The van der Waals surface area contributed by atoms with Gasteiger partial charge >= 0.3 is 11.8 Å². The molecule has 0 aromatic carbocycles. The Labute approximate surface area is 109 Å². The van der Waals surface area contributed by atoms with Gasteiger partial charge < -0.3 is 9.84 Å². The average Bonchev–Trinajstić information content (AvgIpc) is 2.58. The van der Waals surface area contributed by atoms with E-state index in [0.29, 0.717) is 0 Å². The van der Waals surface area contributed by atoms with Crippen LogP contribution in [0.4, 0.5) is 16.3 Å². The number of carbonyl (C=O) groups excluding carboxylic acids is 1. The van der Waals surface area contributed by atoms with Crippen LogP contribution in [-0.2, 0) is 11.3 Å². The third kappa shape index (κ3) is 4.54. The molecule has 2 N–H and O–H groups in total. The number of aliphatic hydroxyl groups is 1. The van der Waals surface area contributed by atoms with Crippen molar-refractivity contribution in [1.82, 2.24) is 9.78 Å². The predicted molar refractivity (Wildman–Crippen MR) is 65.8 cm³/mol. The van der Waals surface area contributed by atoms with Gasteiger partial charge in [0.25, 0.3) is 0 Å². The highest BCUT2D eigenvalue weighted by Crippen LogP contribution is 2.22.